The minimum Gasteiger partial charge on any atom is -0.497 e. The van der Waals surface area contributed by atoms with E-state index < -0.39 is 17.6 Å². The van der Waals surface area contributed by atoms with Gasteiger partial charge >= 0.3 is 6.18 Å². The lowest BCUT2D eigenvalue weighted by Gasteiger charge is -2.22. The van der Waals surface area contributed by atoms with Crippen LogP contribution in [0.2, 0.25) is 5.02 Å². The van der Waals surface area contributed by atoms with Gasteiger partial charge in [-0.2, -0.15) is 13.2 Å². The minimum absolute atomic E-state index is 0.0379. The van der Waals surface area contributed by atoms with Crippen molar-refractivity contribution in [2.24, 2.45) is 0 Å². The number of thioether (sulfide) groups is 1. The maximum atomic E-state index is 13.3. The fraction of sp³-hybridized carbons (Fsp3) is 0.200. The third kappa shape index (κ3) is 5.74. The zero-order chi connectivity index (χ0) is 25.2. The number of rotatable bonds is 5. The lowest BCUT2D eigenvalue weighted by atomic mass is 10.1. The number of alkyl halides is 3. The number of nitrogens with zero attached hydrogens (tertiary/aromatic N) is 1. The van der Waals surface area contributed by atoms with E-state index in [-0.39, 0.29) is 34.8 Å². The number of carbonyl (C=O) groups excluding carboxylic acids is 2. The predicted molar refractivity (Wildman–Crippen MR) is 130 cm³/mol. The van der Waals surface area contributed by atoms with Crippen molar-refractivity contribution in [3.63, 3.8) is 0 Å². The number of amides is 2. The van der Waals surface area contributed by atoms with Crippen molar-refractivity contribution in [2.75, 3.05) is 23.9 Å². The fourth-order valence-corrected chi connectivity index (χ4v) is 5.13. The van der Waals surface area contributed by atoms with Gasteiger partial charge in [-0.1, -0.05) is 35.9 Å². The van der Waals surface area contributed by atoms with Gasteiger partial charge in [0.1, 0.15) is 12.3 Å². The Kier molecular flexibility index (Phi) is 7.28. The normalized spacial score (nSPS) is 15.9. The molecule has 0 spiro atoms. The van der Waals surface area contributed by atoms with Crippen LogP contribution in [0.25, 0.3) is 0 Å². The molecule has 182 valence electrons. The number of carbonyl (C=O) groups is 2. The van der Waals surface area contributed by atoms with Crippen LogP contribution >= 0.6 is 23.4 Å². The van der Waals surface area contributed by atoms with E-state index in [2.05, 4.69) is 5.32 Å². The molecule has 35 heavy (non-hydrogen) atoms. The first kappa shape index (κ1) is 24.9. The summed E-state index contributed by atoms with van der Waals surface area (Å²) >= 11 is 7.51. The number of ether oxygens (including phenoxy) is 1. The van der Waals surface area contributed by atoms with Crippen LogP contribution < -0.4 is 15.0 Å². The molecule has 0 fully saturated rings. The molecule has 0 aliphatic carbocycles. The van der Waals surface area contributed by atoms with Gasteiger partial charge in [0.25, 0.3) is 0 Å². The van der Waals surface area contributed by atoms with Crippen LogP contribution in [0.5, 0.6) is 5.75 Å². The Morgan fingerprint density at radius 1 is 1.14 bits per heavy atom. The van der Waals surface area contributed by atoms with Crippen LogP contribution in [0.15, 0.2) is 71.6 Å². The maximum absolute atomic E-state index is 13.3. The van der Waals surface area contributed by atoms with Crippen molar-refractivity contribution in [1.29, 1.82) is 0 Å². The number of benzene rings is 3. The molecule has 0 saturated heterocycles. The van der Waals surface area contributed by atoms with Gasteiger partial charge in [0.2, 0.25) is 11.8 Å². The van der Waals surface area contributed by atoms with E-state index in [0.717, 1.165) is 28.7 Å². The zero-order valence-electron chi connectivity index (χ0n) is 18.4. The van der Waals surface area contributed by atoms with Gasteiger partial charge in [-0.05, 0) is 48.0 Å². The number of methoxy groups -OCH3 is 1. The molecule has 0 saturated carbocycles. The molecule has 1 heterocycles. The number of anilines is 2. The van der Waals surface area contributed by atoms with Crippen LogP contribution in [0, 0.1) is 0 Å². The Balaban J connectivity index is 1.57. The standard InChI is InChI=1S/C25H20ClF3N2O3S/c1-34-17-9-6-15(7-10-17)22-13-24(33)31(20-4-2-3-5-21(20)35-22)14-23(32)30-19-12-16(25(27,28)29)8-11-18(19)26/h2-12,22H,13-14H2,1H3,(H,30,32). The molecular formula is C25H20ClF3N2O3S. The van der Waals surface area contributed by atoms with Crippen LogP contribution in [-0.4, -0.2) is 25.5 Å². The summed E-state index contributed by atoms with van der Waals surface area (Å²) in [6, 6.07) is 17.3. The Bertz CT molecular complexity index is 1250. The smallest absolute Gasteiger partial charge is 0.416 e. The van der Waals surface area contributed by atoms with Crippen molar-refractivity contribution in [2.45, 2.75) is 22.7 Å². The molecule has 0 aromatic heterocycles. The molecule has 10 heteroatoms. The molecule has 1 aliphatic heterocycles. The highest BCUT2D eigenvalue weighted by Crippen LogP contribution is 2.45. The van der Waals surface area contributed by atoms with E-state index in [1.807, 2.05) is 36.4 Å². The van der Waals surface area contributed by atoms with E-state index in [0.29, 0.717) is 11.4 Å². The predicted octanol–water partition coefficient (Wildman–Crippen LogP) is 6.58. The van der Waals surface area contributed by atoms with Gasteiger partial charge in [0.05, 0.1) is 29.1 Å². The third-order valence-electron chi connectivity index (χ3n) is 5.44. The molecule has 1 aliphatic rings. The molecule has 2 amide bonds. The van der Waals surface area contributed by atoms with Gasteiger partial charge in [-0.3, -0.25) is 9.59 Å². The topological polar surface area (TPSA) is 58.6 Å². The molecule has 0 bridgehead atoms. The fourth-order valence-electron chi connectivity index (χ4n) is 3.69. The van der Waals surface area contributed by atoms with E-state index in [4.69, 9.17) is 16.3 Å². The van der Waals surface area contributed by atoms with Crippen molar-refractivity contribution in [3.05, 3.63) is 82.9 Å². The average molecular weight is 521 g/mol. The second-order valence-electron chi connectivity index (χ2n) is 7.77. The molecule has 3 aromatic rings. The first-order chi connectivity index (χ1) is 16.7. The molecule has 4 rings (SSSR count). The molecule has 1 unspecified atom stereocenters. The first-order valence-electron chi connectivity index (χ1n) is 10.5. The van der Waals surface area contributed by atoms with Crippen molar-refractivity contribution in [1.82, 2.24) is 0 Å². The Labute approximate surface area is 209 Å². The second-order valence-corrected chi connectivity index (χ2v) is 9.42. The number of fused-ring (bicyclic) bond motifs is 1. The van der Waals surface area contributed by atoms with Crippen LogP contribution in [0.1, 0.15) is 22.8 Å². The lowest BCUT2D eigenvalue weighted by Crippen LogP contribution is -2.38. The van der Waals surface area contributed by atoms with E-state index >= 15 is 0 Å². The van der Waals surface area contributed by atoms with Crippen LogP contribution in [0.4, 0.5) is 24.5 Å². The summed E-state index contributed by atoms with van der Waals surface area (Å²) in [5.74, 6) is -0.249. The third-order valence-corrected chi connectivity index (χ3v) is 7.10. The number of hydrogen-bond donors (Lipinski definition) is 1. The maximum Gasteiger partial charge on any atom is 0.416 e. The van der Waals surface area contributed by atoms with Crippen molar-refractivity contribution >= 4 is 46.6 Å². The van der Waals surface area contributed by atoms with Crippen molar-refractivity contribution < 1.29 is 27.5 Å². The minimum atomic E-state index is -4.59. The second kappa shape index (κ2) is 10.2. The Hall–Kier alpha value is -3.17. The summed E-state index contributed by atoms with van der Waals surface area (Å²) in [4.78, 5) is 28.2. The van der Waals surface area contributed by atoms with Crippen molar-refractivity contribution in [3.8, 4) is 5.75 Å². The Morgan fingerprint density at radius 3 is 2.54 bits per heavy atom. The Morgan fingerprint density at radius 2 is 1.86 bits per heavy atom. The monoisotopic (exact) mass is 520 g/mol. The number of hydrogen-bond acceptors (Lipinski definition) is 4. The summed E-state index contributed by atoms with van der Waals surface area (Å²) < 4.78 is 44.4. The SMILES string of the molecule is COc1ccc(C2CC(=O)N(CC(=O)Nc3cc(C(F)(F)F)ccc3Cl)c3ccccc3S2)cc1. The van der Waals surface area contributed by atoms with Gasteiger partial charge in [-0.25, -0.2) is 0 Å². The molecule has 1 N–H and O–H groups in total. The summed E-state index contributed by atoms with van der Waals surface area (Å²) in [6.07, 6.45) is -4.46. The number of nitrogens with one attached hydrogen (secondary N) is 1. The highest BCUT2D eigenvalue weighted by molar-refractivity contribution is 7.99. The number of halogens is 4. The molecule has 0 radical (unpaired) electrons. The highest BCUT2D eigenvalue weighted by atomic mass is 35.5. The number of para-hydroxylation sites is 1. The average Bonchev–Trinajstić information content (AvgIpc) is 2.96. The summed E-state index contributed by atoms with van der Waals surface area (Å²) in [7, 11) is 1.57. The van der Waals surface area contributed by atoms with Crippen LogP contribution in [-0.2, 0) is 15.8 Å². The first-order valence-corrected chi connectivity index (χ1v) is 11.8. The molecular weight excluding hydrogens is 501 g/mol. The van der Waals surface area contributed by atoms with Crippen LogP contribution in [0.3, 0.4) is 0 Å². The summed E-state index contributed by atoms with van der Waals surface area (Å²) in [5.41, 5.74) is 0.379. The van der Waals surface area contributed by atoms with Gasteiger partial charge in [0, 0.05) is 16.6 Å². The quantitative estimate of drug-likeness (QED) is 0.413. The highest BCUT2D eigenvalue weighted by Gasteiger charge is 2.32. The van der Waals surface area contributed by atoms with E-state index in [1.54, 1.807) is 19.2 Å². The largest absolute Gasteiger partial charge is 0.497 e. The lowest BCUT2D eigenvalue weighted by molar-refractivity contribution is -0.137. The van der Waals surface area contributed by atoms with E-state index in [9.17, 15) is 22.8 Å². The summed E-state index contributed by atoms with van der Waals surface area (Å²) in [5, 5.41) is 2.18. The summed E-state index contributed by atoms with van der Waals surface area (Å²) in [6.45, 7) is -0.377. The van der Waals surface area contributed by atoms with Gasteiger partial charge < -0.3 is 15.0 Å². The molecule has 1 atom stereocenters. The van der Waals surface area contributed by atoms with Gasteiger partial charge in [0.15, 0.2) is 0 Å². The zero-order valence-corrected chi connectivity index (χ0v) is 20.0. The van der Waals surface area contributed by atoms with E-state index in [1.165, 1.54) is 16.7 Å². The molecule has 5 nitrogen and oxygen atoms in total. The molecule has 3 aromatic carbocycles. The van der Waals surface area contributed by atoms with Gasteiger partial charge in [-0.15, -0.1) is 11.8 Å².